The van der Waals surface area contributed by atoms with Crippen molar-refractivity contribution in [3.63, 3.8) is 0 Å². The summed E-state index contributed by atoms with van der Waals surface area (Å²) in [4.78, 5) is 21.6. The van der Waals surface area contributed by atoms with Crippen LogP contribution in [0.2, 0.25) is 5.02 Å². The van der Waals surface area contributed by atoms with Gasteiger partial charge >= 0.3 is 5.97 Å². The van der Waals surface area contributed by atoms with Gasteiger partial charge in [0.05, 0.1) is 30.4 Å². The molecule has 1 aliphatic heterocycles. The quantitative estimate of drug-likeness (QED) is 0.763. The van der Waals surface area contributed by atoms with E-state index in [1.807, 2.05) is 6.07 Å². The van der Waals surface area contributed by atoms with Crippen LogP contribution in [-0.2, 0) is 19.1 Å². The number of esters is 1. The van der Waals surface area contributed by atoms with Crippen LogP contribution in [0.3, 0.4) is 0 Å². The average molecular weight is 417 g/mol. The number of carbonyl (C=O) groups is 2. The summed E-state index contributed by atoms with van der Waals surface area (Å²) in [5.74, 6) is 0.0595. The molecular formula is C21H21ClN2O5. The van der Waals surface area contributed by atoms with E-state index in [1.165, 1.54) is 14.0 Å². The molecule has 3 rings (SSSR count). The number of amides is 1. The molecule has 0 saturated carbocycles. The van der Waals surface area contributed by atoms with E-state index in [1.54, 1.807) is 37.3 Å². The summed E-state index contributed by atoms with van der Waals surface area (Å²) in [5.41, 5.74) is 2.45. The van der Waals surface area contributed by atoms with Gasteiger partial charge in [0.25, 0.3) is 0 Å². The first-order valence-corrected chi connectivity index (χ1v) is 9.20. The molecule has 0 aromatic heterocycles. The zero-order valence-electron chi connectivity index (χ0n) is 16.3. The van der Waals surface area contributed by atoms with Gasteiger partial charge in [-0.05, 0) is 31.2 Å². The molecule has 1 aliphatic rings. The molecule has 8 heteroatoms. The van der Waals surface area contributed by atoms with Crippen LogP contribution in [0.4, 0.5) is 5.69 Å². The van der Waals surface area contributed by atoms with Gasteiger partial charge in [0, 0.05) is 23.7 Å². The molecule has 0 fully saturated rings. The van der Waals surface area contributed by atoms with Crippen molar-refractivity contribution in [1.29, 1.82) is 5.26 Å². The Morgan fingerprint density at radius 2 is 2.10 bits per heavy atom. The normalized spacial score (nSPS) is 14.9. The van der Waals surface area contributed by atoms with Crippen LogP contribution >= 0.6 is 11.6 Å². The van der Waals surface area contributed by atoms with Crippen molar-refractivity contribution in [3.05, 3.63) is 58.1 Å². The molecule has 0 spiro atoms. The Bertz CT molecular complexity index is 939. The predicted molar refractivity (Wildman–Crippen MR) is 108 cm³/mol. The zero-order valence-corrected chi connectivity index (χ0v) is 17.1. The van der Waals surface area contributed by atoms with E-state index < -0.39 is 6.10 Å². The number of hydrogen-bond donors (Lipinski definition) is 1. The van der Waals surface area contributed by atoms with Crippen LogP contribution in [0.5, 0.6) is 5.75 Å². The summed E-state index contributed by atoms with van der Waals surface area (Å²) >= 11 is 6.40. The number of nitrogens with one attached hydrogen (secondary N) is 1. The molecule has 1 N–H and O–H groups in total. The number of nitrogens with zero attached hydrogens (tertiary/aromatic N) is 1. The lowest BCUT2D eigenvalue weighted by atomic mass is 9.97. The van der Waals surface area contributed by atoms with Gasteiger partial charge in [-0.15, -0.1) is 0 Å². The van der Waals surface area contributed by atoms with Gasteiger partial charge in [0.2, 0.25) is 5.91 Å². The van der Waals surface area contributed by atoms with Crippen LogP contribution in [0.25, 0.3) is 0 Å². The van der Waals surface area contributed by atoms with Crippen LogP contribution in [0.15, 0.2) is 36.4 Å². The fraction of sp³-hybridized carbons (Fsp3) is 0.286. The molecular weight excluding hydrogens is 396 g/mol. The second-order valence-corrected chi connectivity index (χ2v) is 6.32. The number of ether oxygens (including phenoxy) is 3. The lowest BCUT2D eigenvalue weighted by Gasteiger charge is -2.20. The molecule has 152 valence electrons. The second-order valence-electron chi connectivity index (χ2n) is 5.94. The summed E-state index contributed by atoms with van der Waals surface area (Å²) < 4.78 is 15.4. The summed E-state index contributed by atoms with van der Waals surface area (Å²) in [5, 5.41) is 12.3. The van der Waals surface area contributed by atoms with Crippen molar-refractivity contribution in [2.75, 3.05) is 25.6 Å². The third kappa shape index (κ3) is 5.70. The lowest BCUT2D eigenvalue weighted by molar-refractivity contribution is -0.140. The van der Waals surface area contributed by atoms with Gasteiger partial charge in [-0.1, -0.05) is 23.7 Å². The van der Waals surface area contributed by atoms with Gasteiger partial charge in [-0.3, -0.25) is 9.59 Å². The fourth-order valence-electron chi connectivity index (χ4n) is 2.75. The molecule has 0 saturated heterocycles. The first kappa shape index (κ1) is 22.2. The second kappa shape index (κ2) is 10.5. The first-order chi connectivity index (χ1) is 13.9. The van der Waals surface area contributed by atoms with Gasteiger partial charge in [0.15, 0.2) is 0 Å². The Hall–Kier alpha value is -3.08. The minimum atomic E-state index is -0.570. The van der Waals surface area contributed by atoms with Crippen molar-refractivity contribution >= 4 is 29.2 Å². The molecule has 2 aromatic carbocycles. The molecule has 0 aliphatic carbocycles. The highest BCUT2D eigenvalue weighted by Crippen LogP contribution is 2.40. The molecule has 1 heterocycles. The fourth-order valence-corrected chi connectivity index (χ4v) is 3.05. The third-order valence-electron chi connectivity index (χ3n) is 3.96. The first-order valence-electron chi connectivity index (χ1n) is 8.82. The number of methoxy groups -OCH3 is 1. The summed E-state index contributed by atoms with van der Waals surface area (Å²) in [6, 6.07) is 12.5. The maximum Gasteiger partial charge on any atom is 0.302 e. The number of halogens is 1. The zero-order chi connectivity index (χ0) is 21.4. The Labute approximate surface area is 174 Å². The standard InChI is InChI=1S/C17H13ClN2O3.C4H8O2/c1-22-14-4-2-3-11(16(14)18)17-12-7-10(8-19)5-6-13(12)20-15(21)9-23-17;1-3-6-4(2)5/h2-7,17H,9H2,1H3,(H,20,21);3H2,1-2H3/t17-;/m1./s1. The molecule has 0 bridgehead atoms. The summed E-state index contributed by atoms with van der Waals surface area (Å²) in [6.07, 6.45) is -0.570. The van der Waals surface area contributed by atoms with Crippen molar-refractivity contribution in [2.24, 2.45) is 0 Å². The Morgan fingerprint density at radius 3 is 2.69 bits per heavy atom. The third-order valence-corrected chi connectivity index (χ3v) is 4.37. The highest BCUT2D eigenvalue weighted by molar-refractivity contribution is 6.33. The Morgan fingerprint density at radius 1 is 1.34 bits per heavy atom. The highest BCUT2D eigenvalue weighted by atomic mass is 35.5. The van der Waals surface area contributed by atoms with Crippen molar-refractivity contribution < 1.29 is 23.8 Å². The predicted octanol–water partition coefficient (Wildman–Crippen LogP) is 3.85. The SMILES string of the molecule is CCOC(C)=O.COc1cccc([C@H]2OCC(=O)Nc3ccc(C#N)cc32)c1Cl. The van der Waals surface area contributed by atoms with E-state index >= 15 is 0 Å². The minimum absolute atomic E-state index is 0.102. The average Bonchev–Trinajstić information content (AvgIpc) is 2.86. The number of nitriles is 1. The molecule has 7 nitrogen and oxygen atoms in total. The van der Waals surface area contributed by atoms with Crippen molar-refractivity contribution in [1.82, 2.24) is 0 Å². The smallest absolute Gasteiger partial charge is 0.302 e. The maximum atomic E-state index is 11.8. The van der Waals surface area contributed by atoms with Crippen molar-refractivity contribution in [2.45, 2.75) is 20.0 Å². The molecule has 2 aromatic rings. The van der Waals surface area contributed by atoms with Crippen LogP contribution in [0, 0.1) is 11.3 Å². The minimum Gasteiger partial charge on any atom is -0.495 e. The van der Waals surface area contributed by atoms with E-state index in [0.29, 0.717) is 39.8 Å². The number of benzene rings is 2. The van der Waals surface area contributed by atoms with E-state index in [9.17, 15) is 9.59 Å². The van der Waals surface area contributed by atoms with Crippen LogP contribution < -0.4 is 10.1 Å². The van der Waals surface area contributed by atoms with E-state index in [0.717, 1.165) is 0 Å². The van der Waals surface area contributed by atoms with E-state index in [2.05, 4.69) is 16.1 Å². The Kier molecular flexibility index (Phi) is 8.01. The molecule has 29 heavy (non-hydrogen) atoms. The van der Waals surface area contributed by atoms with Gasteiger partial charge in [-0.25, -0.2) is 0 Å². The highest BCUT2D eigenvalue weighted by Gasteiger charge is 2.27. The molecule has 0 radical (unpaired) electrons. The maximum absolute atomic E-state index is 11.8. The van der Waals surface area contributed by atoms with Gasteiger partial charge < -0.3 is 19.5 Å². The number of carbonyl (C=O) groups excluding carboxylic acids is 2. The number of hydrogen-bond acceptors (Lipinski definition) is 6. The Balaban J connectivity index is 0.000000438. The summed E-state index contributed by atoms with van der Waals surface area (Å²) in [6.45, 7) is 3.55. The molecule has 0 unspecified atom stereocenters. The summed E-state index contributed by atoms with van der Waals surface area (Å²) in [7, 11) is 1.53. The van der Waals surface area contributed by atoms with Gasteiger partial charge in [-0.2, -0.15) is 5.26 Å². The lowest BCUT2D eigenvalue weighted by Crippen LogP contribution is -2.15. The van der Waals surface area contributed by atoms with Crippen LogP contribution in [-0.4, -0.2) is 32.2 Å². The number of fused-ring (bicyclic) bond motifs is 1. The molecule has 1 amide bonds. The van der Waals surface area contributed by atoms with Gasteiger partial charge in [0.1, 0.15) is 18.5 Å². The largest absolute Gasteiger partial charge is 0.495 e. The van der Waals surface area contributed by atoms with E-state index in [-0.39, 0.29) is 18.5 Å². The monoisotopic (exact) mass is 416 g/mol. The van der Waals surface area contributed by atoms with E-state index in [4.69, 9.17) is 26.3 Å². The molecule has 1 atom stereocenters. The topological polar surface area (TPSA) is 97.7 Å². The number of anilines is 1. The number of rotatable bonds is 3. The van der Waals surface area contributed by atoms with Crippen molar-refractivity contribution in [3.8, 4) is 11.8 Å². The van der Waals surface area contributed by atoms with Crippen LogP contribution in [0.1, 0.15) is 36.6 Å².